The first-order chi connectivity index (χ1) is 4.12. The van der Waals surface area contributed by atoms with Gasteiger partial charge >= 0.3 is 0 Å². The minimum absolute atomic E-state index is 0. The van der Waals surface area contributed by atoms with E-state index in [2.05, 4.69) is 21.0 Å². The first kappa shape index (κ1) is 12.5. The van der Waals surface area contributed by atoms with Crippen LogP contribution < -0.4 is 0 Å². The maximum Gasteiger partial charge on any atom is 0.102 e. The second kappa shape index (κ2) is 5.65. The van der Waals surface area contributed by atoms with Gasteiger partial charge in [0.25, 0.3) is 0 Å². The maximum atomic E-state index is 8.61. The highest BCUT2D eigenvalue weighted by molar-refractivity contribution is 4.30. The van der Waals surface area contributed by atoms with Gasteiger partial charge in [-0.2, -0.15) is 0 Å². The molecular weight excluding hydrogens is 130 g/mol. The smallest absolute Gasteiger partial charge is 0.102 e. The monoisotopic (exact) mass is 149 g/mol. The molecule has 0 bridgehead atoms. The van der Waals surface area contributed by atoms with Crippen LogP contribution in [0.25, 0.3) is 0 Å². The maximum absolute atomic E-state index is 8.61. The molecule has 10 heavy (non-hydrogen) atoms. The molecule has 0 aliphatic carbocycles. The van der Waals surface area contributed by atoms with E-state index in [0.717, 1.165) is 17.6 Å². The van der Waals surface area contributed by atoms with E-state index in [-0.39, 0.29) is 5.48 Å². The molecule has 0 aromatic heterocycles. The van der Waals surface area contributed by atoms with Crippen LogP contribution >= 0.6 is 0 Å². The molecule has 3 heteroatoms. The van der Waals surface area contributed by atoms with Crippen molar-refractivity contribution in [3.8, 4) is 0 Å². The van der Waals surface area contributed by atoms with Crippen molar-refractivity contribution in [2.24, 2.45) is 0 Å². The van der Waals surface area contributed by atoms with Crippen molar-refractivity contribution in [1.29, 1.82) is 0 Å². The van der Waals surface area contributed by atoms with Gasteiger partial charge in [0.2, 0.25) is 0 Å². The molecule has 0 heterocycles. The number of quaternary nitrogens is 1. The summed E-state index contributed by atoms with van der Waals surface area (Å²) in [6, 6.07) is 0. The molecule has 0 aromatic rings. The molecule has 0 saturated carbocycles. The highest BCUT2D eigenvalue weighted by atomic mass is 16.3. The van der Waals surface area contributed by atoms with E-state index in [4.69, 9.17) is 5.11 Å². The lowest BCUT2D eigenvalue weighted by molar-refractivity contribution is -0.890. The van der Waals surface area contributed by atoms with Gasteiger partial charge < -0.3 is 15.1 Å². The molecule has 0 fully saturated rings. The molecule has 0 radical (unpaired) electrons. The highest BCUT2D eigenvalue weighted by Crippen LogP contribution is 1.96. The van der Waals surface area contributed by atoms with Gasteiger partial charge in [0.15, 0.2) is 0 Å². The molecule has 64 valence electrons. The van der Waals surface area contributed by atoms with Crippen molar-refractivity contribution in [3.63, 3.8) is 0 Å². The fourth-order valence-electron chi connectivity index (χ4n) is 0.988. The average Bonchev–Trinajstić information content (AvgIpc) is 1.64. The quantitative estimate of drug-likeness (QED) is 0.584. The van der Waals surface area contributed by atoms with Gasteiger partial charge in [0, 0.05) is 0 Å². The largest absolute Gasteiger partial charge is 0.870 e. The molecule has 0 unspecified atom stereocenters. The standard InChI is InChI=1S/C7H18NO.H2O/c1-4-5-8(2,3)6-7-9;/h9H,4-7H2,1-3H3;1H2/q+1;/p-1. The minimum Gasteiger partial charge on any atom is -0.870 e. The van der Waals surface area contributed by atoms with Crippen molar-refractivity contribution in [3.05, 3.63) is 0 Å². The van der Waals surface area contributed by atoms with Crippen LogP contribution in [0.5, 0.6) is 0 Å². The summed E-state index contributed by atoms with van der Waals surface area (Å²) in [5, 5.41) is 8.61. The molecule has 0 amide bonds. The van der Waals surface area contributed by atoms with Crippen LogP contribution in [-0.2, 0) is 0 Å². The zero-order chi connectivity index (χ0) is 7.33. The van der Waals surface area contributed by atoms with E-state index in [1.54, 1.807) is 0 Å². The van der Waals surface area contributed by atoms with Crippen LogP contribution in [-0.4, -0.2) is 48.9 Å². The Kier molecular flexibility index (Phi) is 7.09. The summed E-state index contributed by atoms with van der Waals surface area (Å²) < 4.78 is 0.938. The lowest BCUT2D eigenvalue weighted by Crippen LogP contribution is -2.42. The molecule has 0 rings (SSSR count). The molecule has 0 saturated heterocycles. The van der Waals surface area contributed by atoms with Gasteiger partial charge in [-0.3, -0.25) is 0 Å². The first-order valence-corrected chi connectivity index (χ1v) is 3.55. The fourth-order valence-corrected chi connectivity index (χ4v) is 0.988. The number of aliphatic hydroxyl groups excluding tert-OH is 1. The Labute approximate surface area is 63.2 Å². The van der Waals surface area contributed by atoms with E-state index < -0.39 is 0 Å². The molecule has 0 aliphatic rings. The van der Waals surface area contributed by atoms with Gasteiger partial charge in [0.05, 0.1) is 27.2 Å². The lowest BCUT2D eigenvalue weighted by atomic mass is 10.4. The third kappa shape index (κ3) is 6.01. The molecule has 0 atom stereocenters. The molecule has 0 spiro atoms. The minimum atomic E-state index is 0. The van der Waals surface area contributed by atoms with Crippen molar-refractivity contribution in [2.45, 2.75) is 13.3 Å². The van der Waals surface area contributed by atoms with Crippen molar-refractivity contribution in [1.82, 2.24) is 0 Å². The van der Waals surface area contributed by atoms with Gasteiger partial charge in [-0.15, -0.1) is 0 Å². The molecular formula is C7H19NO2. The van der Waals surface area contributed by atoms with Gasteiger partial charge in [-0.05, 0) is 6.42 Å². The molecule has 0 aromatic carbocycles. The number of hydrogen-bond donors (Lipinski definition) is 1. The summed E-state index contributed by atoms with van der Waals surface area (Å²) in [4.78, 5) is 0. The predicted octanol–water partition coefficient (Wildman–Crippen LogP) is 0.288. The van der Waals surface area contributed by atoms with E-state index >= 15 is 0 Å². The summed E-state index contributed by atoms with van der Waals surface area (Å²) in [6.07, 6.45) is 1.19. The van der Waals surface area contributed by atoms with Gasteiger partial charge in [-0.1, -0.05) is 6.92 Å². The van der Waals surface area contributed by atoms with Crippen LogP contribution in [0, 0.1) is 0 Å². The fraction of sp³-hybridized carbons (Fsp3) is 1.00. The summed E-state index contributed by atoms with van der Waals surface area (Å²) in [7, 11) is 4.28. The Morgan fingerprint density at radius 3 is 2.00 bits per heavy atom. The SMILES string of the molecule is CCC[N+](C)(C)CCO.[OH-]. The normalized spacial score (nSPS) is 10.8. The third-order valence-corrected chi connectivity index (χ3v) is 1.53. The Morgan fingerprint density at radius 2 is 1.70 bits per heavy atom. The highest BCUT2D eigenvalue weighted by Gasteiger charge is 2.10. The molecule has 2 N–H and O–H groups in total. The Balaban J connectivity index is 0. The van der Waals surface area contributed by atoms with Crippen molar-refractivity contribution < 1.29 is 15.1 Å². The second-order valence-corrected chi connectivity index (χ2v) is 3.11. The summed E-state index contributed by atoms with van der Waals surface area (Å²) in [5.41, 5.74) is 0. The summed E-state index contributed by atoms with van der Waals surface area (Å²) >= 11 is 0. The van der Waals surface area contributed by atoms with Crippen LogP contribution in [0.2, 0.25) is 0 Å². The van der Waals surface area contributed by atoms with Crippen LogP contribution in [0.4, 0.5) is 0 Å². The van der Waals surface area contributed by atoms with E-state index in [1.807, 2.05) is 0 Å². The molecule has 0 aliphatic heterocycles. The second-order valence-electron chi connectivity index (χ2n) is 3.11. The van der Waals surface area contributed by atoms with Crippen molar-refractivity contribution in [2.75, 3.05) is 33.8 Å². The number of nitrogens with zero attached hydrogens (tertiary/aromatic N) is 1. The van der Waals surface area contributed by atoms with Gasteiger partial charge in [0.1, 0.15) is 6.54 Å². The van der Waals surface area contributed by atoms with Crippen LogP contribution in [0.3, 0.4) is 0 Å². The zero-order valence-corrected chi connectivity index (χ0v) is 7.17. The zero-order valence-electron chi connectivity index (χ0n) is 7.17. The van der Waals surface area contributed by atoms with E-state index in [9.17, 15) is 0 Å². The molecule has 3 nitrogen and oxygen atoms in total. The predicted molar refractivity (Wildman–Crippen MR) is 41.2 cm³/mol. The number of hydrogen-bond acceptors (Lipinski definition) is 2. The number of rotatable bonds is 4. The van der Waals surface area contributed by atoms with Crippen molar-refractivity contribution >= 4 is 0 Å². The van der Waals surface area contributed by atoms with Crippen LogP contribution in [0.15, 0.2) is 0 Å². The number of aliphatic hydroxyl groups is 1. The third-order valence-electron chi connectivity index (χ3n) is 1.53. The number of likely N-dealkylation sites (N-methyl/N-ethyl adjacent to an activating group) is 1. The topological polar surface area (TPSA) is 50.2 Å². The van der Waals surface area contributed by atoms with E-state index in [1.165, 1.54) is 6.42 Å². The lowest BCUT2D eigenvalue weighted by Gasteiger charge is -2.28. The first-order valence-electron chi connectivity index (χ1n) is 3.55. The average molecular weight is 149 g/mol. The Hall–Kier alpha value is -0.120. The van der Waals surface area contributed by atoms with E-state index in [0.29, 0.717) is 6.61 Å². The van der Waals surface area contributed by atoms with Gasteiger partial charge in [-0.25, -0.2) is 0 Å². The summed E-state index contributed by atoms with van der Waals surface area (Å²) in [6.45, 7) is 4.48. The summed E-state index contributed by atoms with van der Waals surface area (Å²) in [5.74, 6) is 0. The Morgan fingerprint density at radius 1 is 1.20 bits per heavy atom. The van der Waals surface area contributed by atoms with Crippen LogP contribution in [0.1, 0.15) is 13.3 Å². The Bertz CT molecular complexity index is 66.0.